The molecule has 3 heteroatoms. The van der Waals surface area contributed by atoms with E-state index in [1.54, 1.807) is 0 Å². The largest absolute Gasteiger partial charge is 0.494 e. The Morgan fingerprint density at radius 2 is 1.81 bits per heavy atom. The van der Waals surface area contributed by atoms with Gasteiger partial charge >= 0.3 is 0 Å². The highest BCUT2D eigenvalue weighted by atomic mass is 16.5. The van der Waals surface area contributed by atoms with Gasteiger partial charge in [-0.05, 0) is 85.9 Å². The molecule has 0 aliphatic carbocycles. The summed E-state index contributed by atoms with van der Waals surface area (Å²) in [4.78, 5) is 11.3. The zero-order chi connectivity index (χ0) is 18.5. The summed E-state index contributed by atoms with van der Waals surface area (Å²) in [6.07, 6.45) is 4.31. The second kappa shape index (κ2) is 8.50. The summed E-state index contributed by atoms with van der Waals surface area (Å²) >= 11 is 0. The average Bonchev–Trinajstić information content (AvgIpc) is 2.63. The second-order valence-corrected chi connectivity index (χ2v) is 7.26. The van der Waals surface area contributed by atoms with Crippen molar-refractivity contribution in [3.63, 3.8) is 0 Å². The van der Waals surface area contributed by atoms with Gasteiger partial charge in [-0.15, -0.1) is 0 Å². The fraction of sp³-hybridized carbons (Fsp3) is 0.435. The number of ether oxygens (including phenoxy) is 2. The number of hydrogen-bond acceptors (Lipinski definition) is 3. The van der Waals surface area contributed by atoms with Crippen LogP contribution in [0.5, 0.6) is 5.75 Å². The summed E-state index contributed by atoms with van der Waals surface area (Å²) in [6.45, 7) is 8.76. The van der Waals surface area contributed by atoms with E-state index in [2.05, 4.69) is 32.0 Å². The third kappa shape index (κ3) is 4.16. The van der Waals surface area contributed by atoms with Crippen LogP contribution in [0, 0.1) is 26.7 Å². The monoisotopic (exact) mass is 352 g/mol. The Morgan fingerprint density at radius 3 is 2.46 bits per heavy atom. The van der Waals surface area contributed by atoms with Crippen LogP contribution in [0.1, 0.15) is 46.3 Å². The summed E-state index contributed by atoms with van der Waals surface area (Å²) in [5.41, 5.74) is 6.45. The number of hydrogen-bond donors (Lipinski definition) is 0. The standard InChI is InChI=1S/C23H28O3/c1-16-13-21(26-12-9-19-7-10-25-11-8-19)14-17(2)23(16)22-6-4-5-20(15-24)18(22)3/h4-6,13-15,19H,7-12H2,1-3H3. The van der Waals surface area contributed by atoms with Gasteiger partial charge in [0.1, 0.15) is 12.0 Å². The molecule has 0 amide bonds. The molecule has 2 aromatic rings. The third-order valence-corrected chi connectivity index (χ3v) is 5.41. The van der Waals surface area contributed by atoms with Crippen LogP contribution in [-0.4, -0.2) is 26.1 Å². The molecule has 0 bridgehead atoms. The minimum absolute atomic E-state index is 0.721. The molecule has 0 atom stereocenters. The highest BCUT2D eigenvalue weighted by Crippen LogP contribution is 2.34. The third-order valence-electron chi connectivity index (χ3n) is 5.41. The van der Waals surface area contributed by atoms with E-state index in [1.165, 1.54) is 16.7 Å². The lowest BCUT2D eigenvalue weighted by atomic mass is 9.90. The summed E-state index contributed by atoms with van der Waals surface area (Å²) in [5, 5.41) is 0. The van der Waals surface area contributed by atoms with Crippen molar-refractivity contribution in [2.24, 2.45) is 5.92 Å². The van der Waals surface area contributed by atoms with Gasteiger partial charge in [0.15, 0.2) is 0 Å². The molecule has 1 heterocycles. The fourth-order valence-corrected chi connectivity index (χ4v) is 3.86. The van der Waals surface area contributed by atoms with Crippen molar-refractivity contribution in [2.75, 3.05) is 19.8 Å². The van der Waals surface area contributed by atoms with Crippen molar-refractivity contribution in [2.45, 2.75) is 40.0 Å². The predicted molar refractivity (Wildman–Crippen MR) is 105 cm³/mol. The molecule has 0 aromatic heterocycles. The van der Waals surface area contributed by atoms with Crippen LogP contribution < -0.4 is 4.74 Å². The molecule has 2 aromatic carbocycles. The first-order valence-corrected chi connectivity index (χ1v) is 9.47. The molecule has 3 rings (SSSR count). The van der Waals surface area contributed by atoms with Crippen molar-refractivity contribution in [1.82, 2.24) is 0 Å². The van der Waals surface area contributed by atoms with E-state index < -0.39 is 0 Å². The second-order valence-electron chi connectivity index (χ2n) is 7.26. The van der Waals surface area contributed by atoms with Crippen molar-refractivity contribution < 1.29 is 14.3 Å². The van der Waals surface area contributed by atoms with Crippen LogP contribution in [0.25, 0.3) is 11.1 Å². The zero-order valence-corrected chi connectivity index (χ0v) is 16.0. The Bertz CT molecular complexity index is 750. The minimum Gasteiger partial charge on any atom is -0.494 e. The topological polar surface area (TPSA) is 35.5 Å². The van der Waals surface area contributed by atoms with E-state index >= 15 is 0 Å². The van der Waals surface area contributed by atoms with Gasteiger partial charge in [0, 0.05) is 18.8 Å². The van der Waals surface area contributed by atoms with E-state index in [0.29, 0.717) is 0 Å². The Morgan fingerprint density at radius 1 is 1.12 bits per heavy atom. The number of aldehydes is 1. The van der Waals surface area contributed by atoms with Gasteiger partial charge < -0.3 is 9.47 Å². The minimum atomic E-state index is 0.721. The summed E-state index contributed by atoms with van der Waals surface area (Å²) < 4.78 is 11.5. The highest BCUT2D eigenvalue weighted by molar-refractivity contribution is 5.84. The van der Waals surface area contributed by atoms with Crippen LogP contribution in [0.3, 0.4) is 0 Å². The molecule has 0 spiro atoms. The fourth-order valence-electron chi connectivity index (χ4n) is 3.86. The smallest absolute Gasteiger partial charge is 0.150 e. The molecule has 1 saturated heterocycles. The number of carbonyl (C=O) groups is 1. The highest BCUT2D eigenvalue weighted by Gasteiger charge is 2.15. The Hall–Kier alpha value is -2.13. The van der Waals surface area contributed by atoms with Gasteiger partial charge in [0.25, 0.3) is 0 Å². The normalized spacial score (nSPS) is 15.0. The van der Waals surface area contributed by atoms with Crippen molar-refractivity contribution in [3.05, 3.63) is 52.6 Å². The van der Waals surface area contributed by atoms with E-state index in [-0.39, 0.29) is 0 Å². The first kappa shape index (κ1) is 18.7. The van der Waals surface area contributed by atoms with E-state index in [9.17, 15) is 4.79 Å². The van der Waals surface area contributed by atoms with Gasteiger partial charge in [-0.3, -0.25) is 4.79 Å². The average molecular weight is 352 g/mol. The molecule has 1 aliphatic rings. The van der Waals surface area contributed by atoms with Crippen LogP contribution in [-0.2, 0) is 4.74 Å². The molecule has 0 N–H and O–H groups in total. The van der Waals surface area contributed by atoms with Crippen molar-refractivity contribution in [1.29, 1.82) is 0 Å². The summed E-state index contributed by atoms with van der Waals surface area (Å²) in [5.74, 6) is 1.65. The maximum Gasteiger partial charge on any atom is 0.150 e. The number of aryl methyl sites for hydroxylation is 2. The number of carbonyl (C=O) groups excluding carboxylic acids is 1. The molecule has 26 heavy (non-hydrogen) atoms. The van der Waals surface area contributed by atoms with E-state index in [0.717, 1.165) is 73.7 Å². The number of benzene rings is 2. The van der Waals surface area contributed by atoms with Crippen LogP contribution in [0.15, 0.2) is 30.3 Å². The summed E-state index contributed by atoms with van der Waals surface area (Å²) in [7, 11) is 0. The maximum atomic E-state index is 11.3. The van der Waals surface area contributed by atoms with E-state index in [4.69, 9.17) is 9.47 Å². The molecule has 0 radical (unpaired) electrons. The zero-order valence-electron chi connectivity index (χ0n) is 16.0. The van der Waals surface area contributed by atoms with Gasteiger partial charge in [0.05, 0.1) is 6.61 Å². The van der Waals surface area contributed by atoms with Gasteiger partial charge in [-0.25, -0.2) is 0 Å². The van der Waals surface area contributed by atoms with E-state index in [1.807, 2.05) is 19.1 Å². The van der Waals surface area contributed by atoms with Gasteiger partial charge in [0.2, 0.25) is 0 Å². The molecule has 0 unspecified atom stereocenters. The Balaban J connectivity index is 1.75. The molecule has 0 saturated carbocycles. The first-order chi connectivity index (χ1) is 12.6. The Labute approximate surface area is 156 Å². The quantitative estimate of drug-likeness (QED) is 0.663. The molecular weight excluding hydrogens is 324 g/mol. The van der Waals surface area contributed by atoms with Crippen molar-refractivity contribution >= 4 is 6.29 Å². The lowest BCUT2D eigenvalue weighted by molar-refractivity contribution is 0.0593. The molecule has 138 valence electrons. The van der Waals surface area contributed by atoms with Crippen LogP contribution >= 0.6 is 0 Å². The number of rotatable bonds is 6. The van der Waals surface area contributed by atoms with Gasteiger partial charge in [-0.2, -0.15) is 0 Å². The SMILES string of the molecule is Cc1cc(OCCC2CCOCC2)cc(C)c1-c1cccc(C=O)c1C. The van der Waals surface area contributed by atoms with Gasteiger partial charge in [-0.1, -0.05) is 18.2 Å². The lowest BCUT2D eigenvalue weighted by Gasteiger charge is -2.22. The summed E-state index contributed by atoms with van der Waals surface area (Å²) in [6, 6.07) is 10.1. The molecule has 1 fully saturated rings. The lowest BCUT2D eigenvalue weighted by Crippen LogP contribution is -2.17. The molecular formula is C23H28O3. The molecule has 3 nitrogen and oxygen atoms in total. The van der Waals surface area contributed by atoms with Crippen LogP contribution in [0.4, 0.5) is 0 Å². The molecule has 1 aliphatic heterocycles. The maximum absolute atomic E-state index is 11.3. The van der Waals surface area contributed by atoms with Crippen LogP contribution in [0.2, 0.25) is 0 Å². The predicted octanol–water partition coefficient (Wildman–Crippen LogP) is 5.29. The van der Waals surface area contributed by atoms with Crippen molar-refractivity contribution in [3.8, 4) is 16.9 Å². The Kier molecular flexibility index (Phi) is 6.10. The first-order valence-electron chi connectivity index (χ1n) is 9.47.